The molecule has 1 aromatic heterocycles. The predicted molar refractivity (Wildman–Crippen MR) is 93.1 cm³/mol. The number of hydrogen-bond acceptors (Lipinski definition) is 4. The topological polar surface area (TPSA) is 60.5 Å². The Hall–Kier alpha value is -3.00. The van der Waals surface area contributed by atoms with Gasteiger partial charge in [0.25, 0.3) is 0 Å². The number of nitrogens with one attached hydrogen (secondary N) is 1. The fourth-order valence-corrected chi connectivity index (χ4v) is 1.87. The number of carbonyl (C=O) groups excluding carboxylic acids is 1. The minimum Gasteiger partial charge on any atom is -0.495 e. The highest BCUT2D eigenvalue weighted by Gasteiger charge is 2.16. The van der Waals surface area contributed by atoms with Crippen LogP contribution in [0.15, 0.2) is 42.6 Å². The second-order valence-corrected chi connectivity index (χ2v) is 6.01. The van der Waals surface area contributed by atoms with Crippen LogP contribution in [0.3, 0.4) is 0 Å². The normalized spacial score (nSPS) is 10.3. The molecule has 0 aliphatic heterocycles. The van der Waals surface area contributed by atoms with Gasteiger partial charge in [-0.2, -0.15) is 0 Å². The van der Waals surface area contributed by atoms with E-state index in [1.165, 1.54) is 0 Å². The molecule has 0 saturated heterocycles. The van der Waals surface area contributed by atoms with Crippen molar-refractivity contribution in [2.75, 3.05) is 12.4 Å². The van der Waals surface area contributed by atoms with Crippen LogP contribution in [0.4, 0.5) is 10.6 Å². The third-order valence-corrected chi connectivity index (χ3v) is 2.84. The number of amides is 1. The Morgan fingerprint density at radius 1 is 1.17 bits per heavy atom. The molecule has 5 heteroatoms. The van der Waals surface area contributed by atoms with Gasteiger partial charge in [-0.25, -0.2) is 9.78 Å². The third kappa shape index (κ3) is 5.33. The van der Waals surface area contributed by atoms with E-state index in [0.717, 1.165) is 11.1 Å². The molecular weight excluding hydrogens is 304 g/mol. The van der Waals surface area contributed by atoms with E-state index in [1.807, 2.05) is 24.3 Å². The molecule has 1 aromatic carbocycles. The third-order valence-electron chi connectivity index (χ3n) is 2.84. The zero-order valence-corrected chi connectivity index (χ0v) is 14.2. The largest absolute Gasteiger partial charge is 0.495 e. The lowest BCUT2D eigenvalue weighted by atomic mass is 10.2. The van der Waals surface area contributed by atoms with E-state index in [-0.39, 0.29) is 0 Å². The van der Waals surface area contributed by atoms with Crippen LogP contribution in [-0.4, -0.2) is 23.8 Å². The molecule has 0 aliphatic rings. The zero-order chi connectivity index (χ0) is 17.6. The van der Waals surface area contributed by atoms with Gasteiger partial charge in [0.15, 0.2) is 0 Å². The lowest BCUT2D eigenvalue weighted by Crippen LogP contribution is -2.27. The molecule has 1 amide bonds. The Morgan fingerprint density at radius 3 is 2.62 bits per heavy atom. The minimum atomic E-state index is -0.564. The number of rotatable bonds is 2. The summed E-state index contributed by atoms with van der Waals surface area (Å²) in [5.41, 5.74) is 0.950. The van der Waals surface area contributed by atoms with Crippen LogP contribution in [0.25, 0.3) is 0 Å². The summed E-state index contributed by atoms with van der Waals surface area (Å²) in [6.07, 6.45) is 1.03. The average Bonchev–Trinajstić information content (AvgIpc) is 2.51. The van der Waals surface area contributed by atoms with E-state index in [2.05, 4.69) is 22.1 Å². The van der Waals surface area contributed by atoms with Crippen molar-refractivity contribution in [2.45, 2.75) is 26.4 Å². The lowest BCUT2D eigenvalue weighted by molar-refractivity contribution is 0.0635. The van der Waals surface area contributed by atoms with Crippen molar-refractivity contribution in [3.05, 3.63) is 53.7 Å². The summed E-state index contributed by atoms with van der Waals surface area (Å²) in [4.78, 5) is 15.9. The van der Waals surface area contributed by atoms with Crippen LogP contribution in [0.5, 0.6) is 5.75 Å². The van der Waals surface area contributed by atoms with E-state index >= 15 is 0 Å². The Balaban J connectivity index is 2.14. The number of benzene rings is 1. The highest BCUT2D eigenvalue weighted by molar-refractivity contribution is 5.83. The van der Waals surface area contributed by atoms with Gasteiger partial charge in [0.05, 0.1) is 12.7 Å². The molecule has 0 fully saturated rings. The van der Waals surface area contributed by atoms with Crippen LogP contribution in [0, 0.1) is 11.8 Å². The summed E-state index contributed by atoms with van der Waals surface area (Å²) in [5, 5.41) is 2.59. The summed E-state index contributed by atoms with van der Waals surface area (Å²) in [6.45, 7) is 5.40. The van der Waals surface area contributed by atoms with Crippen molar-refractivity contribution in [3.8, 4) is 17.6 Å². The maximum Gasteiger partial charge on any atom is 0.413 e. The molecule has 2 aromatic rings. The van der Waals surface area contributed by atoms with Crippen LogP contribution in [-0.2, 0) is 4.74 Å². The first-order valence-electron chi connectivity index (χ1n) is 7.48. The first kappa shape index (κ1) is 17.4. The first-order valence-corrected chi connectivity index (χ1v) is 7.48. The Morgan fingerprint density at radius 2 is 1.92 bits per heavy atom. The SMILES string of the molecule is COc1ccccc1C#Cc1ccnc(NC(=O)OC(C)(C)C)c1. The summed E-state index contributed by atoms with van der Waals surface area (Å²) in [7, 11) is 1.61. The molecule has 0 spiro atoms. The monoisotopic (exact) mass is 324 g/mol. The first-order chi connectivity index (χ1) is 11.4. The molecule has 124 valence electrons. The number of hydrogen-bond donors (Lipinski definition) is 1. The highest BCUT2D eigenvalue weighted by Crippen LogP contribution is 2.16. The van der Waals surface area contributed by atoms with Gasteiger partial charge >= 0.3 is 6.09 Å². The standard InChI is InChI=1S/C19H20N2O3/c1-19(2,3)24-18(22)21-17-13-14(11-12-20-17)9-10-15-7-5-6-8-16(15)23-4/h5-8,11-13H,1-4H3,(H,20,21,22). The molecule has 5 nitrogen and oxygen atoms in total. The highest BCUT2D eigenvalue weighted by atomic mass is 16.6. The molecule has 2 rings (SSSR count). The van der Waals surface area contributed by atoms with Gasteiger partial charge in [-0.05, 0) is 45.0 Å². The molecule has 0 atom stereocenters. The number of nitrogens with zero attached hydrogens (tertiary/aromatic N) is 1. The zero-order valence-electron chi connectivity index (χ0n) is 14.2. The predicted octanol–water partition coefficient (Wildman–Crippen LogP) is 3.84. The van der Waals surface area contributed by atoms with E-state index < -0.39 is 11.7 Å². The van der Waals surface area contributed by atoms with Crippen LogP contribution >= 0.6 is 0 Å². The van der Waals surface area contributed by atoms with E-state index in [4.69, 9.17) is 9.47 Å². The smallest absolute Gasteiger partial charge is 0.413 e. The Kier molecular flexibility index (Phi) is 5.43. The van der Waals surface area contributed by atoms with Gasteiger partial charge < -0.3 is 9.47 Å². The minimum absolute atomic E-state index is 0.385. The van der Waals surface area contributed by atoms with Crippen molar-refractivity contribution < 1.29 is 14.3 Å². The average molecular weight is 324 g/mol. The lowest BCUT2D eigenvalue weighted by Gasteiger charge is -2.19. The molecule has 24 heavy (non-hydrogen) atoms. The van der Waals surface area contributed by atoms with Gasteiger partial charge in [0, 0.05) is 11.8 Å². The number of pyridine rings is 1. The van der Waals surface area contributed by atoms with Crippen molar-refractivity contribution in [3.63, 3.8) is 0 Å². The van der Waals surface area contributed by atoms with Gasteiger partial charge in [-0.3, -0.25) is 5.32 Å². The summed E-state index contributed by atoms with van der Waals surface area (Å²) < 4.78 is 10.5. The number of para-hydroxylation sites is 1. The second-order valence-electron chi connectivity index (χ2n) is 6.01. The van der Waals surface area contributed by atoms with Crippen molar-refractivity contribution >= 4 is 11.9 Å². The molecule has 1 heterocycles. The van der Waals surface area contributed by atoms with Crippen LogP contribution < -0.4 is 10.1 Å². The molecule has 0 bridgehead atoms. The quantitative estimate of drug-likeness (QED) is 0.853. The number of anilines is 1. The van der Waals surface area contributed by atoms with Crippen molar-refractivity contribution in [1.29, 1.82) is 0 Å². The summed E-state index contributed by atoms with van der Waals surface area (Å²) in [6, 6.07) is 11.0. The number of carbonyl (C=O) groups is 1. The van der Waals surface area contributed by atoms with Crippen molar-refractivity contribution in [2.24, 2.45) is 0 Å². The van der Waals surface area contributed by atoms with E-state index in [9.17, 15) is 4.79 Å². The molecule has 0 saturated carbocycles. The number of ether oxygens (including phenoxy) is 2. The van der Waals surface area contributed by atoms with Gasteiger partial charge in [0.2, 0.25) is 0 Å². The van der Waals surface area contributed by atoms with E-state index in [0.29, 0.717) is 11.6 Å². The van der Waals surface area contributed by atoms with Crippen LogP contribution in [0.1, 0.15) is 31.9 Å². The summed E-state index contributed by atoms with van der Waals surface area (Å²) >= 11 is 0. The fraction of sp³-hybridized carbons (Fsp3) is 0.263. The maximum atomic E-state index is 11.8. The fourth-order valence-electron chi connectivity index (χ4n) is 1.87. The van der Waals surface area contributed by atoms with Gasteiger partial charge in [-0.15, -0.1) is 0 Å². The van der Waals surface area contributed by atoms with E-state index in [1.54, 1.807) is 46.2 Å². The molecule has 0 unspecified atom stereocenters. The molecule has 0 radical (unpaired) electrons. The number of methoxy groups -OCH3 is 1. The van der Waals surface area contributed by atoms with Gasteiger partial charge in [0.1, 0.15) is 17.2 Å². The molecule has 0 aliphatic carbocycles. The Labute approximate surface area is 142 Å². The molecular formula is C19H20N2O3. The summed E-state index contributed by atoms with van der Waals surface area (Å²) in [5.74, 6) is 7.19. The van der Waals surface area contributed by atoms with Crippen LogP contribution in [0.2, 0.25) is 0 Å². The molecule has 1 N–H and O–H groups in total. The van der Waals surface area contributed by atoms with Crippen molar-refractivity contribution in [1.82, 2.24) is 4.98 Å². The van der Waals surface area contributed by atoms with Gasteiger partial charge in [-0.1, -0.05) is 24.0 Å². The second kappa shape index (κ2) is 7.51. The number of aromatic nitrogens is 1. The maximum absolute atomic E-state index is 11.8. The Bertz CT molecular complexity index is 783.